The summed E-state index contributed by atoms with van der Waals surface area (Å²) in [7, 11) is 0. The first-order chi connectivity index (χ1) is 16.7. The molecule has 5 rings (SSSR count). The van der Waals surface area contributed by atoms with E-state index in [0.717, 1.165) is 64.1 Å². The van der Waals surface area contributed by atoms with Crippen molar-refractivity contribution < 1.29 is 4.79 Å². The number of hydrogen-bond acceptors (Lipinski definition) is 3. The lowest BCUT2D eigenvalue weighted by atomic mass is 9.78. The van der Waals surface area contributed by atoms with E-state index in [1.54, 1.807) is 0 Å². The molecule has 1 aromatic heterocycles. The first-order valence-electron chi connectivity index (χ1n) is 14.0. The van der Waals surface area contributed by atoms with Crippen molar-refractivity contribution in [2.45, 2.75) is 109 Å². The number of rotatable bonds is 7. The Kier molecular flexibility index (Phi) is 9.29. The number of aromatic nitrogens is 1. The standard InChI is InChI=1S/C29H44N4O.CH4/c30-23-10-12-24(13-11-23)32-29(34)18-26(22-14-16-31-17-15-22)27-20-33(19-21-6-2-1-3-7-21)28-9-5-4-8-25(27)28;/h4-5,8-9,20-24,26,31H,1-3,6-7,10-19,30H2,(H,32,34);1H4. The first kappa shape index (κ1) is 26.2. The van der Waals surface area contributed by atoms with Gasteiger partial charge in [-0.05, 0) is 93.8 Å². The van der Waals surface area contributed by atoms with Gasteiger partial charge in [0, 0.05) is 42.1 Å². The maximum absolute atomic E-state index is 13.3. The van der Waals surface area contributed by atoms with E-state index in [1.807, 2.05) is 0 Å². The summed E-state index contributed by atoms with van der Waals surface area (Å²) in [6.07, 6.45) is 16.3. The predicted molar refractivity (Wildman–Crippen MR) is 147 cm³/mol. The van der Waals surface area contributed by atoms with E-state index in [-0.39, 0.29) is 19.3 Å². The van der Waals surface area contributed by atoms with E-state index in [2.05, 4.69) is 45.7 Å². The van der Waals surface area contributed by atoms with Gasteiger partial charge in [-0.25, -0.2) is 0 Å². The van der Waals surface area contributed by atoms with Crippen LogP contribution in [0, 0.1) is 11.8 Å². The smallest absolute Gasteiger partial charge is 0.220 e. The summed E-state index contributed by atoms with van der Waals surface area (Å²) in [5.74, 6) is 1.86. The third-order valence-corrected chi connectivity index (χ3v) is 8.89. The summed E-state index contributed by atoms with van der Waals surface area (Å²) in [5.41, 5.74) is 8.84. The highest BCUT2D eigenvalue weighted by Gasteiger charge is 2.31. The summed E-state index contributed by atoms with van der Waals surface area (Å²) in [6, 6.07) is 9.52. The summed E-state index contributed by atoms with van der Waals surface area (Å²) in [5, 5.41) is 8.27. The summed E-state index contributed by atoms with van der Waals surface area (Å²) in [4.78, 5) is 13.3. The number of carbonyl (C=O) groups is 1. The van der Waals surface area contributed by atoms with Crippen molar-refractivity contribution in [1.82, 2.24) is 15.2 Å². The van der Waals surface area contributed by atoms with Gasteiger partial charge in [0.15, 0.2) is 0 Å². The van der Waals surface area contributed by atoms with Gasteiger partial charge in [0.05, 0.1) is 0 Å². The third kappa shape index (κ3) is 6.48. The molecule has 0 bridgehead atoms. The molecule has 194 valence electrons. The lowest BCUT2D eigenvalue weighted by molar-refractivity contribution is -0.122. The van der Waals surface area contributed by atoms with Gasteiger partial charge in [0.1, 0.15) is 0 Å². The molecule has 1 atom stereocenters. The highest BCUT2D eigenvalue weighted by atomic mass is 16.1. The van der Waals surface area contributed by atoms with Gasteiger partial charge in [-0.1, -0.05) is 44.9 Å². The number of nitrogens with one attached hydrogen (secondary N) is 2. The van der Waals surface area contributed by atoms with Crippen molar-refractivity contribution in [3.8, 4) is 0 Å². The number of nitrogens with two attached hydrogens (primary N) is 1. The fourth-order valence-corrected chi connectivity index (χ4v) is 6.90. The molecule has 2 aromatic rings. The van der Waals surface area contributed by atoms with Crippen LogP contribution in [-0.4, -0.2) is 35.6 Å². The summed E-state index contributed by atoms with van der Waals surface area (Å²) in [6.45, 7) is 3.24. The van der Waals surface area contributed by atoms with Gasteiger partial charge in [-0.15, -0.1) is 0 Å². The average Bonchev–Trinajstić information content (AvgIpc) is 3.23. The molecule has 5 heteroatoms. The van der Waals surface area contributed by atoms with E-state index in [0.29, 0.717) is 24.4 Å². The number of piperidine rings is 1. The molecule has 1 aliphatic heterocycles. The molecule has 2 saturated carbocycles. The number of carbonyl (C=O) groups excluding carboxylic acids is 1. The number of para-hydroxylation sites is 1. The first-order valence-corrected chi connectivity index (χ1v) is 14.0. The molecule has 5 nitrogen and oxygen atoms in total. The average molecular weight is 481 g/mol. The molecule has 4 N–H and O–H groups in total. The molecule has 1 saturated heterocycles. The molecule has 2 aliphatic carbocycles. The zero-order valence-corrected chi connectivity index (χ0v) is 20.8. The zero-order chi connectivity index (χ0) is 23.3. The lowest BCUT2D eigenvalue weighted by Crippen LogP contribution is -2.41. The maximum Gasteiger partial charge on any atom is 0.220 e. The van der Waals surface area contributed by atoms with Crippen LogP contribution in [0.1, 0.15) is 96.0 Å². The van der Waals surface area contributed by atoms with Crippen LogP contribution in [0.15, 0.2) is 30.5 Å². The molecule has 0 spiro atoms. The number of amides is 1. The Balaban J connectivity index is 0.00000289. The summed E-state index contributed by atoms with van der Waals surface area (Å²) >= 11 is 0. The van der Waals surface area contributed by atoms with Gasteiger partial charge in [0.25, 0.3) is 0 Å². The molecular formula is C30H48N4O. The summed E-state index contributed by atoms with van der Waals surface area (Å²) < 4.78 is 2.52. The van der Waals surface area contributed by atoms with E-state index in [1.165, 1.54) is 48.6 Å². The Labute approximate surface area is 212 Å². The molecule has 1 unspecified atom stereocenters. The Morgan fingerprint density at radius 3 is 2.46 bits per heavy atom. The number of nitrogens with zero attached hydrogens (tertiary/aromatic N) is 1. The van der Waals surface area contributed by atoms with Gasteiger partial charge in [-0.3, -0.25) is 4.79 Å². The Morgan fingerprint density at radius 2 is 1.71 bits per heavy atom. The number of hydrogen-bond donors (Lipinski definition) is 3. The van der Waals surface area contributed by atoms with E-state index >= 15 is 0 Å². The van der Waals surface area contributed by atoms with Crippen LogP contribution in [0.3, 0.4) is 0 Å². The Morgan fingerprint density at radius 1 is 1.00 bits per heavy atom. The molecular weight excluding hydrogens is 432 g/mol. The minimum atomic E-state index is 0. The van der Waals surface area contributed by atoms with Crippen LogP contribution in [0.2, 0.25) is 0 Å². The highest BCUT2D eigenvalue weighted by Crippen LogP contribution is 2.39. The number of fused-ring (bicyclic) bond motifs is 1. The van der Waals surface area contributed by atoms with Crippen LogP contribution in [0.25, 0.3) is 10.9 Å². The molecule has 3 aliphatic rings. The monoisotopic (exact) mass is 480 g/mol. The van der Waals surface area contributed by atoms with Gasteiger partial charge < -0.3 is 20.9 Å². The molecule has 1 amide bonds. The molecule has 3 fully saturated rings. The van der Waals surface area contributed by atoms with Crippen molar-refractivity contribution in [2.75, 3.05) is 13.1 Å². The SMILES string of the molecule is C.NC1CCC(NC(=O)CC(c2cn(CC3CCCCC3)c3ccccc23)C2CCNCC2)CC1. The fourth-order valence-electron chi connectivity index (χ4n) is 6.90. The fraction of sp³-hybridized carbons (Fsp3) is 0.700. The predicted octanol–water partition coefficient (Wildman–Crippen LogP) is 5.72. The van der Waals surface area contributed by atoms with Crippen LogP contribution >= 0.6 is 0 Å². The van der Waals surface area contributed by atoms with Crippen LogP contribution in [-0.2, 0) is 11.3 Å². The van der Waals surface area contributed by atoms with Crippen molar-refractivity contribution in [1.29, 1.82) is 0 Å². The Bertz CT molecular complexity index is 933. The Hall–Kier alpha value is -1.85. The number of benzene rings is 1. The van der Waals surface area contributed by atoms with Gasteiger partial charge in [-0.2, -0.15) is 0 Å². The lowest BCUT2D eigenvalue weighted by Gasteiger charge is -2.32. The minimum absolute atomic E-state index is 0. The van der Waals surface area contributed by atoms with Crippen molar-refractivity contribution in [3.05, 3.63) is 36.0 Å². The maximum atomic E-state index is 13.3. The highest BCUT2D eigenvalue weighted by molar-refractivity contribution is 5.86. The second-order valence-corrected chi connectivity index (χ2v) is 11.3. The van der Waals surface area contributed by atoms with Gasteiger partial charge >= 0.3 is 0 Å². The molecule has 0 radical (unpaired) electrons. The van der Waals surface area contributed by atoms with E-state index in [4.69, 9.17) is 5.73 Å². The van der Waals surface area contributed by atoms with Gasteiger partial charge in [0.2, 0.25) is 5.91 Å². The zero-order valence-electron chi connectivity index (χ0n) is 20.8. The van der Waals surface area contributed by atoms with E-state index < -0.39 is 0 Å². The second-order valence-electron chi connectivity index (χ2n) is 11.3. The van der Waals surface area contributed by atoms with Crippen LogP contribution < -0.4 is 16.4 Å². The van der Waals surface area contributed by atoms with Crippen LogP contribution in [0.5, 0.6) is 0 Å². The molecule has 35 heavy (non-hydrogen) atoms. The van der Waals surface area contributed by atoms with Crippen molar-refractivity contribution in [2.24, 2.45) is 17.6 Å². The van der Waals surface area contributed by atoms with Crippen molar-refractivity contribution in [3.63, 3.8) is 0 Å². The quantitative estimate of drug-likeness (QED) is 0.475. The van der Waals surface area contributed by atoms with E-state index in [9.17, 15) is 4.79 Å². The van der Waals surface area contributed by atoms with Crippen LogP contribution in [0.4, 0.5) is 0 Å². The molecule has 1 aromatic carbocycles. The topological polar surface area (TPSA) is 72.1 Å². The second kappa shape index (κ2) is 12.4. The minimum Gasteiger partial charge on any atom is -0.353 e. The largest absolute Gasteiger partial charge is 0.353 e. The molecule has 2 heterocycles. The van der Waals surface area contributed by atoms with Crippen molar-refractivity contribution >= 4 is 16.8 Å². The third-order valence-electron chi connectivity index (χ3n) is 8.89. The normalized spacial score (nSPS) is 25.2.